The second-order valence-corrected chi connectivity index (χ2v) is 5.39. The predicted molar refractivity (Wildman–Crippen MR) is 55.8 cm³/mol. The smallest absolute Gasteiger partial charge is 0.0167 e. The van der Waals surface area contributed by atoms with Crippen LogP contribution in [0.3, 0.4) is 0 Å². The van der Waals surface area contributed by atoms with E-state index in [4.69, 9.17) is 0 Å². The Kier molecular flexibility index (Phi) is 2.37. The number of hydrogen-bond donors (Lipinski definition) is 1. The van der Waals surface area contributed by atoms with Gasteiger partial charge in [-0.15, -0.1) is 0 Å². The highest BCUT2D eigenvalue weighted by atomic mass is 15.2. The summed E-state index contributed by atoms with van der Waals surface area (Å²) < 4.78 is 0. The number of hydrogen-bond acceptors (Lipinski definition) is 2. The summed E-state index contributed by atoms with van der Waals surface area (Å²) in [6, 6.07) is 1.54. The first-order chi connectivity index (χ1) is 6.09. The molecule has 2 unspecified atom stereocenters. The Morgan fingerprint density at radius 2 is 2.15 bits per heavy atom. The highest BCUT2D eigenvalue weighted by molar-refractivity contribution is 4.97. The lowest BCUT2D eigenvalue weighted by molar-refractivity contribution is -0.0134. The fourth-order valence-corrected chi connectivity index (χ4v) is 2.77. The lowest BCUT2D eigenvalue weighted by Gasteiger charge is -2.52. The van der Waals surface area contributed by atoms with E-state index in [9.17, 15) is 0 Å². The molecule has 2 aliphatic rings. The van der Waals surface area contributed by atoms with Crippen molar-refractivity contribution in [1.82, 2.24) is 10.2 Å². The molecule has 2 nitrogen and oxygen atoms in total. The van der Waals surface area contributed by atoms with Crippen LogP contribution in [0.15, 0.2) is 0 Å². The molecule has 0 amide bonds. The first-order valence-corrected chi connectivity index (χ1v) is 5.57. The van der Waals surface area contributed by atoms with Gasteiger partial charge in [-0.25, -0.2) is 0 Å². The van der Waals surface area contributed by atoms with Gasteiger partial charge in [-0.3, -0.25) is 4.90 Å². The van der Waals surface area contributed by atoms with Crippen molar-refractivity contribution in [2.75, 3.05) is 19.6 Å². The Balaban J connectivity index is 1.93. The Hall–Kier alpha value is -0.0800. The molecular formula is C11H22N2. The van der Waals surface area contributed by atoms with Crippen molar-refractivity contribution in [1.29, 1.82) is 0 Å². The Morgan fingerprint density at radius 3 is 2.62 bits per heavy atom. The summed E-state index contributed by atoms with van der Waals surface area (Å²) in [5.41, 5.74) is 0.580. The molecule has 1 aliphatic carbocycles. The van der Waals surface area contributed by atoms with Crippen LogP contribution in [0.1, 0.15) is 33.6 Å². The van der Waals surface area contributed by atoms with E-state index in [2.05, 4.69) is 31.0 Å². The van der Waals surface area contributed by atoms with Gasteiger partial charge < -0.3 is 5.32 Å². The van der Waals surface area contributed by atoms with Crippen LogP contribution in [0.2, 0.25) is 0 Å². The number of rotatable bonds is 1. The average Bonchev–Trinajstić information content (AvgIpc) is 2.02. The average molecular weight is 182 g/mol. The third-order valence-corrected chi connectivity index (χ3v) is 3.81. The van der Waals surface area contributed by atoms with Crippen LogP contribution in [0, 0.1) is 5.41 Å². The lowest BCUT2D eigenvalue weighted by atomic mass is 9.66. The summed E-state index contributed by atoms with van der Waals surface area (Å²) in [5, 5.41) is 3.50. The van der Waals surface area contributed by atoms with Gasteiger partial charge in [-0.05, 0) is 25.2 Å². The Bertz CT molecular complexity index is 189. The van der Waals surface area contributed by atoms with E-state index in [1.165, 1.54) is 32.5 Å². The highest BCUT2D eigenvalue weighted by Gasteiger charge is 2.42. The number of nitrogens with zero attached hydrogens (tertiary/aromatic N) is 1. The molecule has 2 fully saturated rings. The maximum Gasteiger partial charge on any atom is 0.0167 e. The van der Waals surface area contributed by atoms with Gasteiger partial charge in [-0.2, -0.15) is 0 Å². The number of piperazine rings is 1. The maximum absolute atomic E-state index is 3.50. The van der Waals surface area contributed by atoms with Crippen molar-refractivity contribution in [3.63, 3.8) is 0 Å². The van der Waals surface area contributed by atoms with Gasteiger partial charge in [0.2, 0.25) is 0 Å². The van der Waals surface area contributed by atoms with Crippen molar-refractivity contribution in [2.24, 2.45) is 5.41 Å². The minimum Gasteiger partial charge on any atom is -0.312 e. The molecule has 2 rings (SSSR count). The van der Waals surface area contributed by atoms with Gasteiger partial charge in [0.05, 0.1) is 0 Å². The molecule has 0 aromatic carbocycles. The van der Waals surface area contributed by atoms with E-state index >= 15 is 0 Å². The van der Waals surface area contributed by atoms with Crippen molar-refractivity contribution in [2.45, 2.75) is 45.7 Å². The first-order valence-electron chi connectivity index (χ1n) is 5.57. The molecular weight excluding hydrogens is 160 g/mol. The van der Waals surface area contributed by atoms with Gasteiger partial charge in [-0.1, -0.05) is 13.8 Å². The van der Waals surface area contributed by atoms with Crippen LogP contribution < -0.4 is 5.32 Å². The number of nitrogens with one attached hydrogen (secondary N) is 1. The van der Waals surface area contributed by atoms with Gasteiger partial charge >= 0.3 is 0 Å². The van der Waals surface area contributed by atoms with Crippen LogP contribution in [-0.2, 0) is 0 Å². The van der Waals surface area contributed by atoms with Gasteiger partial charge in [0.15, 0.2) is 0 Å². The van der Waals surface area contributed by atoms with Crippen molar-refractivity contribution in [3.05, 3.63) is 0 Å². The molecule has 0 spiro atoms. The van der Waals surface area contributed by atoms with Crippen molar-refractivity contribution < 1.29 is 0 Å². The van der Waals surface area contributed by atoms with E-state index in [1.807, 2.05) is 0 Å². The van der Waals surface area contributed by atoms with E-state index in [1.54, 1.807) is 0 Å². The van der Waals surface area contributed by atoms with Gasteiger partial charge in [0.1, 0.15) is 0 Å². The zero-order valence-corrected chi connectivity index (χ0v) is 9.14. The van der Waals surface area contributed by atoms with E-state index in [-0.39, 0.29) is 0 Å². The summed E-state index contributed by atoms with van der Waals surface area (Å²) in [7, 11) is 0. The second-order valence-electron chi connectivity index (χ2n) is 5.39. The molecule has 0 bridgehead atoms. The molecule has 1 N–H and O–H groups in total. The van der Waals surface area contributed by atoms with Crippen LogP contribution in [0.4, 0.5) is 0 Å². The SMILES string of the molecule is CC1CN(C2CCC2(C)C)CCN1. The maximum atomic E-state index is 3.50. The fourth-order valence-electron chi connectivity index (χ4n) is 2.77. The summed E-state index contributed by atoms with van der Waals surface area (Å²) in [6.45, 7) is 10.8. The Labute approximate surface area is 81.7 Å². The van der Waals surface area contributed by atoms with Crippen LogP contribution in [-0.4, -0.2) is 36.6 Å². The molecule has 0 radical (unpaired) electrons. The zero-order chi connectivity index (χ0) is 9.47. The van der Waals surface area contributed by atoms with Crippen LogP contribution in [0.5, 0.6) is 0 Å². The molecule has 0 aromatic rings. The molecule has 0 aromatic heterocycles. The van der Waals surface area contributed by atoms with Crippen LogP contribution in [0.25, 0.3) is 0 Å². The van der Waals surface area contributed by atoms with Gasteiger partial charge in [0.25, 0.3) is 0 Å². The van der Waals surface area contributed by atoms with E-state index < -0.39 is 0 Å². The summed E-state index contributed by atoms with van der Waals surface area (Å²) in [4.78, 5) is 2.69. The zero-order valence-electron chi connectivity index (χ0n) is 9.14. The molecule has 2 atom stereocenters. The molecule has 1 aliphatic heterocycles. The second kappa shape index (κ2) is 3.25. The monoisotopic (exact) mass is 182 g/mol. The lowest BCUT2D eigenvalue weighted by Crippen LogP contribution is -2.60. The minimum atomic E-state index is 0.580. The quantitative estimate of drug-likeness (QED) is 0.660. The molecule has 13 heavy (non-hydrogen) atoms. The van der Waals surface area contributed by atoms with Crippen molar-refractivity contribution in [3.8, 4) is 0 Å². The third-order valence-electron chi connectivity index (χ3n) is 3.81. The molecule has 1 saturated heterocycles. The highest BCUT2D eigenvalue weighted by Crippen LogP contribution is 2.43. The predicted octanol–water partition coefficient (Wildman–Crippen LogP) is 1.47. The molecule has 1 saturated carbocycles. The van der Waals surface area contributed by atoms with Crippen molar-refractivity contribution >= 4 is 0 Å². The van der Waals surface area contributed by atoms with E-state index in [0.29, 0.717) is 11.5 Å². The molecule has 76 valence electrons. The summed E-state index contributed by atoms with van der Waals surface area (Å²) in [5.74, 6) is 0. The summed E-state index contributed by atoms with van der Waals surface area (Å²) >= 11 is 0. The Morgan fingerprint density at radius 1 is 1.38 bits per heavy atom. The topological polar surface area (TPSA) is 15.3 Å². The normalized spacial score (nSPS) is 39.9. The standard InChI is InChI=1S/C11H22N2/c1-9-8-13(7-6-12-9)10-4-5-11(10,2)3/h9-10,12H,4-8H2,1-3H3. The van der Waals surface area contributed by atoms with Crippen LogP contribution >= 0.6 is 0 Å². The molecule has 1 heterocycles. The first kappa shape index (κ1) is 9.47. The molecule has 2 heteroatoms. The summed E-state index contributed by atoms with van der Waals surface area (Å²) in [6.07, 6.45) is 2.83. The largest absolute Gasteiger partial charge is 0.312 e. The van der Waals surface area contributed by atoms with E-state index in [0.717, 1.165) is 6.04 Å². The fraction of sp³-hybridized carbons (Fsp3) is 1.00. The minimum absolute atomic E-state index is 0.580. The third kappa shape index (κ3) is 1.75. The van der Waals surface area contributed by atoms with Gasteiger partial charge in [0, 0.05) is 31.7 Å².